The Kier molecular flexibility index (Phi) is 4.11. The number of rotatable bonds is 1. The number of morpholine rings is 1. The van der Waals surface area contributed by atoms with Crippen LogP contribution in [0.1, 0.15) is 32.1 Å². The molecule has 3 atom stereocenters. The summed E-state index contributed by atoms with van der Waals surface area (Å²) < 4.78 is 25.6. The van der Waals surface area contributed by atoms with Gasteiger partial charge in [0.05, 0.1) is 18.8 Å². The van der Waals surface area contributed by atoms with Crippen LogP contribution in [-0.2, 0) is 14.5 Å². The minimum atomic E-state index is -2.43. The molecule has 3 fully saturated rings. The van der Waals surface area contributed by atoms with E-state index in [1.807, 2.05) is 4.90 Å². The van der Waals surface area contributed by atoms with Gasteiger partial charge in [-0.05, 0) is 43.9 Å². The number of nitrogens with zero attached hydrogens (tertiary/aromatic N) is 1. The van der Waals surface area contributed by atoms with E-state index in [4.69, 9.17) is 9.52 Å². The number of hydrogen-bond donors (Lipinski definition) is 2. The molecule has 0 aromatic carbocycles. The highest BCUT2D eigenvalue weighted by Gasteiger charge is 2.42. The van der Waals surface area contributed by atoms with E-state index in [2.05, 4.69) is 17.5 Å². The maximum Gasteiger partial charge on any atom is 0.317 e. The molecule has 2 heterocycles. The third-order valence-corrected chi connectivity index (χ3v) is 7.92. The van der Waals surface area contributed by atoms with Crippen molar-refractivity contribution >= 4 is 15.8 Å². The largest absolute Gasteiger partial charge is 0.371 e. The third-order valence-electron chi connectivity index (χ3n) is 6.19. The summed E-state index contributed by atoms with van der Waals surface area (Å²) in [5, 5.41) is 3.24. The van der Waals surface area contributed by atoms with Crippen LogP contribution in [0.25, 0.3) is 0 Å². The predicted molar refractivity (Wildman–Crippen MR) is 92.4 cm³/mol. The molecule has 2 amide bonds. The molecule has 3 unspecified atom stereocenters. The minimum Gasteiger partial charge on any atom is -0.371 e. The topological polar surface area (TPSA) is 82.5 Å². The second-order valence-corrected chi connectivity index (χ2v) is 10.3. The summed E-state index contributed by atoms with van der Waals surface area (Å²) in [7, 11) is -2.43. The number of hydrogen-bond acceptors (Lipinski definition) is 4. The van der Waals surface area contributed by atoms with Gasteiger partial charge in [0.2, 0.25) is 0 Å². The zero-order valence-electron chi connectivity index (χ0n) is 14.0. The summed E-state index contributed by atoms with van der Waals surface area (Å²) in [6, 6.07) is 0.277. The van der Waals surface area contributed by atoms with E-state index < -0.39 is 9.73 Å². The first-order valence-corrected chi connectivity index (χ1v) is 11.0. The Morgan fingerprint density at radius 2 is 2.08 bits per heavy atom. The van der Waals surface area contributed by atoms with E-state index in [1.165, 1.54) is 12.8 Å². The molecule has 2 saturated heterocycles. The number of ether oxygens (including phenoxy) is 1. The molecule has 3 aliphatic carbocycles. The molecule has 134 valence electrons. The number of carbonyl (C=O) groups is 1. The van der Waals surface area contributed by atoms with Crippen LogP contribution in [0.2, 0.25) is 0 Å². The standard InChI is InChI=1S/C17H27N3O3S/c18-24(22)9-5-17(6-10-24)12-20(7-8-23-17)16(21)19-15-11-13-1-3-14(15)4-2-13/h1,3,13-15,18H,2,4-12H2,(H,19,21). The second-order valence-electron chi connectivity index (χ2n) is 7.85. The number of nitrogens with one attached hydrogen (secondary N) is 2. The smallest absolute Gasteiger partial charge is 0.317 e. The lowest BCUT2D eigenvalue weighted by Gasteiger charge is -2.46. The Hall–Kier alpha value is -1.08. The van der Waals surface area contributed by atoms with Crippen LogP contribution in [0.5, 0.6) is 0 Å². The molecule has 0 radical (unpaired) electrons. The van der Waals surface area contributed by atoms with E-state index >= 15 is 0 Å². The second kappa shape index (κ2) is 6.02. The molecule has 2 bridgehead atoms. The van der Waals surface area contributed by atoms with Crippen molar-refractivity contribution in [2.45, 2.75) is 43.7 Å². The molecular formula is C17H27N3O3S. The average molecular weight is 353 g/mol. The lowest BCUT2D eigenvalue weighted by Crippen LogP contribution is -2.60. The van der Waals surface area contributed by atoms with Crippen molar-refractivity contribution in [3.63, 3.8) is 0 Å². The van der Waals surface area contributed by atoms with Crippen molar-refractivity contribution in [2.24, 2.45) is 11.8 Å². The van der Waals surface area contributed by atoms with E-state index in [9.17, 15) is 9.00 Å². The molecule has 0 aromatic heterocycles. The van der Waals surface area contributed by atoms with Gasteiger partial charge in [0.1, 0.15) is 0 Å². The van der Waals surface area contributed by atoms with Crippen LogP contribution < -0.4 is 5.32 Å². The Balaban J connectivity index is 1.37. The normalized spacial score (nSPS) is 44.7. The first-order valence-electron chi connectivity index (χ1n) is 9.07. The fourth-order valence-electron chi connectivity index (χ4n) is 4.60. The predicted octanol–water partition coefficient (Wildman–Crippen LogP) is 1.96. The Morgan fingerprint density at radius 1 is 1.29 bits per heavy atom. The zero-order valence-corrected chi connectivity index (χ0v) is 14.9. The van der Waals surface area contributed by atoms with Crippen LogP contribution in [0.3, 0.4) is 0 Å². The molecule has 5 rings (SSSR count). The minimum absolute atomic E-state index is 0.0146. The van der Waals surface area contributed by atoms with Gasteiger partial charge < -0.3 is 15.0 Å². The average Bonchev–Trinajstić information content (AvgIpc) is 2.59. The lowest BCUT2D eigenvalue weighted by molar-refractivity contribution is -0.102. The fourth-order valence-corrected chi connectivity index (χ4v) is 6.20. The molecule has 2 aliphatic heterocycles. The van der Waals surface area contributed by atoms with Crippen molar-refractivity contribution in [3.8, 4) is 0 Å². The van der Waals surface area contributed by atoms with Crippen LogP contribution in [0.4, 0.5) is 4.79 Å². The molecule has 7 heteroatoms. The summed E-state index contributed by atoms with van der Waals surface area (Å²) in [6.07, 6.45) is 9.31. The first kappa shape index (κ1) is 16.4. The van der Waals surface area contributed by atoms with Gasteiger partial charge >= 0.3 is 6.03 Å². The van der Waals surface area contributed by atoms with Crippen LogP contribution in [0, 0.1) is 16.6 Å². The lowest BCUT2D eigenvalue weighted by atomic mass is 9.73. The molecular weight excluding hydrogens is 326 g/mol. The number of urea groups is 1. The third kappa shape index (κ3) is 3.20. The molecule has 5 aliphatic rings. The van der Waals surface area contributed by atoms with Gasteiger partial charge in [0, 0.05) is 33.8 Å². The maximum absolute atomic E-state index is 12.7. The molecule has 1 saturated carbocycles. The van der Waals surface area contributed by atoms with Crippen molar-refractivity contribution in [3.05, 3.63) is 12.2 Å². The van der Waals surface area contributed by atoms with Crippen molar-refractivity contribution in [2.75, 3.05) is 31.2 Å². The Morgan fingerprint density at radius 3 is 2.71 bits per heavy atom. The van der Waals surface area contributed by atoms with Crippen LogP contribution in [0.15, 0.2) is 12.2 Å². The maximum atomic E-state index is 12.7. The summed E-state index contributed by atoms with van der Waals surface area (Å²) in [5.74, 6) is 1.88. The Bertz CT molecular complexity index is 631. The number of amides is 2. The van der Waals surface area contributed by atoms with Crippen LogP contribution in [-0.4, -0.2) is 58.0 Å². The van der Waals surface area contributed by atoms with Gasteiger partial charge in [-0.25, -0.2) is 9.00 Å². The van der Waals surface area contributed by atoms with Gasteiger partial charge in [0.15, 0.2) is 0 Å². The van der Waals surface area contributed by atoms with Gasteiger partial charge in [-0.1, -0.05) is 12.2 Å². The van der Waals surface area contributed by atoms with Gasteiger partial charge in [-0.3, -0.25) is 4.78 Å². The van der Waals surface area contributed by atoms with Gasteiger partial charge in [-0.2, -0.15) is 0 Å². The molecule has 24 heavy (non-hydrogen) atoms. The zero-order chi connectivity index (χ0) is 16.8. The van der Waals surface area contributed by atoms with Gasteiger partial charge in [0.25, 0.3) is 0 Å². The van der Waals surface area contributed by atoms with Crippen molar-refractivity contribution in [1.82, 2.24) is 10.2 Å². The molecule has 0 aromatic rings. The monoisotopic (exact) mass is 353 g/mol. The van der Waals surface area contributed by atoms with Gasteiger partial charge in [-0.15, -0.1) is 0 Å². The summed E-state index contributed by atoms with van der Waals surface area (Å²) >= 11 is 0. The summed E-state index contributed by atoms with van der Waals surface area (Å²) in [5.41, 5.74) is -0.386. The summed E-state index contributed by atoms with van der Waals surface area (Å²) in [6.45, 7) is 1.70. The fraction of sp³-hybridized carbons (Fsp3) is 0.824. The quantitative estimate of drug-likeness (QED) is 0.707. The van der Waals surface area contributed by atoms with Crippen LogP contribution >= 0.6 is 0 Å². The molecule has 2 N–H and O–H groups in total. The first-order chi connectivity index (χ1) is 11.4. The molecule has 6 nitrogen and oxygen atoms in total. The number of allylic oxidation sites excluding steroid dienone is 1. The van der Waals surface area contributed by atoms with E-state index in [-0.39, 0.29) is 17.7 Å². The number of carbonyl (C=O) groups excluding carboxylic acids is 1. The van der Waals surface area contributed by atoms with E-state index in [0.29, 0.717) is 55.9 Å². The van der Waals surface area contributed by atoms with Crippen molar-refractivity contribution < 1.29 is 13.7 Å². The summed E-state index contributed by atoms with van der Waals surface area (Å²) in [4.78, 5) is 14.6. The Labute approximate surface area is 144 Å². The highest BCUT2D eigenvalue weighted by Crippen LogP contribution is 2.36. The highest BCUT2D eigenvalue weighted by atomic mass is 32.2. The van der Waals surface area contributed by atoms with Crippen molar-refractivity contribution in [1.29, 1.82) is 4.78 Å². The highest BCUT2D eigenvalue weighted by molar-refractivity contribution is 7.92. The SMILES string of the molecule is N=S1(=O)CCC2(CC1)CN(C(=O)NC1CC3C=CC1CC3)CCO2. The number of fused-ring (bicyclic) bond motifs is 2. The van der Waals surface area contributed by atoms with E-state index in [0.717, 1.165) is 6.42 Å². The van der Waals surface area contributed by atoms with E-state index in [1.54, 1.807) is 0 Å². The molecule has 1 spiro atoms.